The van der Waals surface area contributed by atoms with Gasteiger partial charge in [-0.05, 0) is 48.9 Å². The third-order valence-electron chi connectivity index (χ3n) is 3.78. The zero-order valence-electron chi connectivity index (χ0n) is 14.5. The minimum absolute atomic E-state index is 0.150. The largest absolute Gasteiger partial charge is 0.491 e. The molecule has 1 heterocycles. The van der Waals surface area contributed by atoms with Gasteiger partial charge in [0.2, 0.25) is 0 Å². The maximum Gasteiger partial charge on any atom is 0.338 e. The summed E-state index contributed by atoms with van der Waals surface area (Å²) in [5.41, 5.74) is -1.07. The fraction of sp³-hybridized carbons (Fsp3) is 0.389. The minimum atomic E-state index is -4.26. The molecule has 0 aromatic heterocycles. The normalized spacial score (nSPS) is 17.1. The second kappa shape index (κ2) is 6.86. The molecule has 2 aromatic rings. The number of rotatable bonds is 7. The molecule has 0 aliphatic carbocycles. The Hall–Kier alpha value is -2.16. The van der Waals surface area contributed by atoms with Crippen LogP contribution in [0.4, 0.5) is 0 Å². The summed E-state index contributed by atoms with van der Waals surface area (Å²) >= 11 is 0. The van der Waals surface area contributed by atoms with Crippen LogP contribution in [0, 0.1) is 0 Å². The molecule has 1 atom stereocenters. The molecule has 1 saturated heterocycles. The van der Waals surface area contributed by atoms with E-state index in [0.29, 0.717) is 19.0 Å². The predicted molar refractivity (Wildman–Crippen MR) is 95.1 cm³/mol. The number of carbonyl (C=O) groups excluding carboxylic acids is 1. The molecule has 2 aromatic carbocycles. The Bertz CT molecular complexity index is 930. The predicted octanol–water partition coefficient (Wildman–Crippen LogP) is 2.44. The highest BCUT2D eigenvalue weighted by molar-refractivity contribution is 7.85. The maximum atomic E-state index is 12.4. The van der Waals surface area contributed by atoms with Crippen molar-refractivity contribution in [3.63, 3.8) is 0 Å². The van der Waals surface area contributed by atoms with Gasteiger partial charge in [-0.2, -0.15) is 8.42 Å². The molecule has 7 nitrogen and oxygen atoms in total. The van der Waals surface area contributed by atoms with Crippen molar-refractivity contribution in [1.29, 1.82) is 0 Å². The standard InChI is InChI=1S/C18H20O7S/c1-18(2,11-26(20,21)22)25-17(19)13-4-3-12-5-6-15(8-14(12)7-13)23-9-16-10-24-16/h3-8,16H,9-11H2,1-2H3,(H,20,21,22). The van der Waals surface area contributed by atoms with Gasteiger partial charge in [-0.1, -0.05) is 12.1 Å². The summed E-state index contributed by atoms with van der Waals surface area (Å²) in [4.78, 5) is 12.4. The lowest BCUT2D eigenvalue weighted by atomic mass is 10.1. The number of fused-ring (bicyclic) bond motifs is 1. The van der Waals surface area contributed by atoms with E-state index in [1.165, 1.54) is 13.8 Å². The first-order valence-corrected chi connectivity index (χ1v) is 9.69. The third kappa shape index (κ3) is 5.17. The smallest absolute Gasteiger partial charge is 0.338 e. The van der Waals surface area contributed by atoms with E-state index in [-0.39, 0.29) is 11.7 Å². The van der Waals surface area contributed by atoms with Crippen LogP contribution in [0.5, 0.6) is 5.75 Å². The number of benzene rings is 2. The van der Waals surface area contributed by atoms with Gasteiger partial charge in [0.15, 0.2) is 0 Å². The molecule has 1 aliphatic heterocycles. The summed E-state index contributed by atoms with van der Waals surface area (Å²) in [5, 5.41) is 1.72. The van der Waals surface area contributed by atoms with Crippen molar-refractivity contribution >= 4 is 26.9 Å². The summed E-state index contributed by atoms with van der Waals surface area (Å²) < 4.78 is 47.0. The van der Waals surface area contributed by atoms with E-state index in [1.807, 2.05) is 18.2 Å². The van der Waals surface area contributed by atoms with Gasteiger partial charge >= 0.3 is 5.97 Å². The van der Waals surface area contributed by atoms with Crippen molar-refractivity contribution < 1.29 is 32.0 Å². The van der Waals surface area contributed by atoms with Gasteiger partial charge in [0.25, 0.3) is 10.1 Å². The van der Waals surface area contributed by atoms with Gasteiger partial charge < -0.3 is 14.2 Å². The van der Waals surface area contributed by atoms with Crippen molar-refractivity contribution in [1.82, 2.24) is 0 Å². The number of ether oxygens (including phenoxy) is 3. The van der Waals surface area contributed by atoms with Gasteiger partial charge in [-0.25, -0.2) is 4.79 Å². The van der Waals surface area contributed by atoms with Gasteiger partial charge in [-0.15, -0.1) is 0 Å². The molecule has 8 heteroatoms. The van der Waals surface area contributed by atoms with Gasteiger partial charge in [0, 0.05) is 0 Å². The average Bonchev–Trinajstić information content (AvgIpc) is 3.33. The monoisotopic (exact) mass is 380 g/mol. The molecule has 0 saturated carbocycles. The van der Waals surface area contributed by atoms with Crippen LogP contribution in [0.2, 0.25) is 0 Å². The van der Waals surface area contributed by atoms with Crippen LogP contribution in [-0.2, 0) is 19.6 Å². The third-order valence-corrected chi connectivity index (χ3v) is 4.84. The molecule has 0 spiro atoms. The number of carbonyl (C=O) groups is 1. The molecule has 0 bridgehead atoms. The van der Waals surface area contributed by atoms with Crippen LogP contribution in [0.1, 0.15) is 24.2 Å². The van der Waals surface area contributed by atoms with Crippen LogP contribution < -0.4 is 4.74 Å². The molecule has 1 aliphatic rings. The molecule has 0 radical (unpaired) electrons. The van der Waals surface area contributed by atoms with Gasteiger partial charge in [0.05, 0.1) is 12.2 Å². The van der Waals surface area contributed by atoms with Gasteiger partial charge in [0.1, 0.15) is 29.8 Å². The summed E-state index contributed by atoms with van der Waals surface area (Å²) in [5.74, 6) is -0.677. The summed E-state index contributed by atoms with van der Waals surface area (Å²) in [7, 11) is -4.26. The Kier molecular flexibility index (Phi) is 4.92. The Labute approximate surface area is 151 Å². The lowest BCUT2D eigenvalue weighted by molar-refractivity contribution is 0.00786. The minimum Gasteiger partial charge on any atom is -0.491 e. The zero-order chi connectivity index (χ0) is 18.9. The number of hydrogen-bond donors (Lipinski definition) is 1. The maximum absolute atomic E-state index is 12.4. The fourth-order valence-electron chi connectivity index (χ4n) is 2.57. The van der Waals surface area contributed by atoms with Gasteiger partial charge in [-0.3, -0.25) is 4.55 Å². The molecule has 1 unspecified atom stereocenters. The molecular weight excluding hydrogens is 360 g/mol. The summed E-state index contributed by atoms with van der Waals surface area (Å²) in [6, 6.07) is 10.6. The van der Waals surface area contributed by atoms with E-state index in [2.05, 4.69) is 0 Å². The summed E-state index contributed by atoms with van der Waals surface area (Å²) in [6.07, 6.45) is 0.150. The van der Waals surface area contributed by atoms with Crippen molar-refractivity contribution in [2.75, 3.05) is 19.0 Å². The van der Waals surface area contributed by atoms with Crippen molar-refractivity contribution in [2.24, 2.45) is 0 Å². The van der Waals surface area contributed by atoms with Crippen LogP contribution in [0.3, 0.4) is 0 Å². The summed E-state index contributed by atoms with van der Waals surface area (Å²) in [6.45, 7) is 4.04. The fourth-order valence-corrected chi connectivity index (χ4v) is 3.51. The SMILES string of the molecule is CC(C)(CS(=O)(=O)O)OC(=O)c1ccc2ccc(OCC3CO3)cc2c1. The average molecular weight is 380 g/mol. The van der Waals surface area contributed by atoms with E-state index >= 15 is 0 Å². The second-order valence-corrected chi connectivity index (χ2v) is 8.32. The molecule has 1 fully saturated rings. The van der Waals surface area contributed by atoms with Crippen molar-refractivity contribution in [3.05, 3.63) is 42.0 Å². The van der Waals surface area contributed by atoms with Crippen LogP contribution in [-0.4, -0.2) is 49.6 Å². The van der Waals surface area contributed by atoms with Crippen molar-refractivity contribution in [2.45, 2.75) is 25.6 Å². The lowest BCUT2D eigenvalue weighted by Crippen LogP contribution is -2.35. The van der Waals surface area contributed by atoms with Crippen LogP contribution in [0.25, 0.3) is 10.8 Å². The highest BCUT2D eigenvalue weighted by Crippen LogP contribution is 2.24. The highest BCUT2D eigenvalue weighted by atomic mass is 32.2. The number of esters is 1. The van der Waals surface area contributed by atoms with E-state index in [1.54, 1.807) is 18.2 Å². The molecule has 0 amide bonds. The molecular formula is C18H20O7S. The Morgan fingerprint density at radius 1 is 1.23 bits per heavy atom. The van der Waals surface area contributed by atoms with Crippen molar-refractivity contribution in [3.8, 4) is 5.75 Å². The molecule has 1 N–H and O–H groups in total. The first kappa shape index (κ1) is 18.6. The first-order valence-electron chi connectivity index (χ1n) is 8.08. The second-order valence-electron chi connectivity index (χ2n) is 6.87. The molecule has 3 rings (SSSR count). The van der Waals surface area contributed by atoms with Crippen LogP contribution >= 0.6 is 0 Å². The molecule has 26 heavy (non-hydrogen) atoms. The van der Waals surface area contributed by atoms with E-state index in [4.69, 9.17) is 18.8 Å². The Balaban J connectivity index is 1.76. The van der Waals surface area contributed by atoms with E-state index < -0.39 is 27.4 Å². The topological polar surface area (TPSA) is 102 Å². The molecule has 140 valence electrons. The lowest BCUT2D eigenvalue weighted by Gasteiger charge is -2.23. The Morgan fingerprint density at radius 3 is 2.58 bits per heavy atom. The highest BCUT2D eigenvalue weighted by Gasteiger charge is 2.29. The zero-order valence-corrected chi connectivity index (χ0v) is 15.3. The first-order chi connectivity index (χ1) is 12.1. The quantitative estimate of drug-likeness (QED) is 0.447. The van der Waals surface area contributed by atoms with E-state index in [9.17, 15) is 13.2 Å². The van der Waals surface area contributed by atoms with E-state index in [0.717, 1.165) is 10.8 Å². The Morgan fingerprint density at radius 2 is 1.92 bits per heavy atom. The van der Waals surface area contributed by atoms with Crippen LogP contribution in [0.15, 0.2) is 36.4 Å². The number of hydrogen-bond acceptors (Lipinski definition) is 6. The number of epoxide rings is 1.